The van der Waals surface area contributed by atoms with Crippen LogP contribution in [-0.2, 0) is 4.79 Å². The van der Waals surface area contributed by atoms with Gasteiger partial charge in [0.1, 0.15) is 0 Å². The number of hydrogen-bond acceptors (Lipinski definition) is 3. The molecule has 0 radical (unpaired) electrons. The van der Waals surface area contributed by atoms with Crippen molar-refractivity contribution in [2.45, 2.75) is 111 Å². The fourth-order valence-corrected chi connectivity index (χ4v) is 11.5. The number of carboxylic acid groups (broad SMARTS) is 1. The van der Waals surface area contributed by atoms with E-state index in [0.29, 0.717) is 5.92 Å². The summed E-state index contributed by atoms with van der Waals surface area (Å²) in [5, 5.41) is 31.9. The average Bonchev–Trinajstić information content (AvgIpc) is 3.47. The number of aliphatic hydroxyl groups excluding tert-OH is 2. The van der Waals surface area contributed by atoms with Crippen molar-refractivity contribution in [3.63, 3.8) is 0 Å². The van der Waals surface area contributed by atoms with Gasteiger partial charge in [-0.3, -0.25) is 4.79 Å². The highest BCUT2D eigenvalue weighted by molar-refractivity contribution is 5.76. The van der Waals surface area contributed by atoms with Crippen molar-refractivity contribution in [2.75, 3.05) is 6.61 Å². The Labute approximate surface area is 205 Å². The van der Waals surface area contributed by atoms with Gasteiger partial charge in [-0.15, -0.1) is 0 Å². The second-order valence-electron chi connectivity index (χ2n) is 15.1. The van der Waals surface area contributed by atoms with Crippen LogP contribution in [0.4, 0.5) is 0 Å². The Morgan fingerprint density at radius 2 is 1.68 bits per heavy atom. The van der Waals surface area contributed by atoms with Gasteiger partial charge in [-0.05, 0) is 110 Å². The van der Waals surface area contributed by atoms with Gasteiger partial charge < -0.3 is 15.3 Å². The molecule has 0 heterocycles. The number of carbonyl (C=O) groups is 1. The Bertz CT molecular complexity index is 969. The van der Waals surface area contributed by atoms with E-state index in [2.05, 4.69) is 40.7 Å². The van der Waals surface area contributed by atoms with Gasteiger partial charge in [0.15, 0.2) is 0 Å². The molecular weight excluding hydrogens is 424 g/mol. The highest BCUT2D eigenvalue weighted by atomic mass is 16.4. The number of aliphatic carboxylic acids is 1. The van der Waals surface area contributed by atoms with Crippen molar-refractivity contribution in [3.8, 4) is 0 Å². The largest absolute Gasteiger partial charge is 0.481 e. The number of aliphatic hydroxyl groups is 2. The van der Waals surface area contributed by atoms with Gasteiger partial charge in [-0.25, -0.2) is 0 Å². The molecule has 6 rings (SSSR count). The number of carboxylic acids is 1. The van der Waals surface area contributed by atoms with Crippen molar-refractivity contribution in [3.05, 3.63) is 11.6 Å². The van der Waals surface area contributed by atoms with Crippen molar-refractivity contribution >= 4 is 5.97 Å². The number of fused-ring (bicyclic) bond motifs is 6. The van der Waals surface area contributed by atoms with E-state index < -0.39 is 11.4 Å². The fraction of sp³-hybridized carbons (Fsp3) is 0.900. The molecule has 0 unspecified atom stereocenters. The molecule has 4 nitrogen and oxygen atoms in total. The standard InChI is InChI=1S/C30H46O4/c1-24(2)10-13-28(23(33)34)14-11-25(3)19(20(28)16-24)6-7-21-26(25,4)12-15-30-17-29(30,18-31)22(32)8-9-27(21,30)5/h6,20-22,31-32H,7-18H2,1-5H3,(H,33,34)/t20-,21-,22-,25+,26+,27+,28-,29+,30-/m0/s1. The molecule has 0 bridgehead atoms. The molecule has 3 N–H and O–H groups in total. The molecule has 5 saturated carbocycles. The summed E-state index contributed by atoms with van der Waals surface area (Å²) in [5.74, 6) is 0.113. The van der Waals surface area contributed by atoms with Crippen LogP contribution in [0.3, 0.4) is 0 Å². The van der Waals surface area contributed by atoms with E-state index in [1.165, 1.54) is 5.57 Å². The zero-order chi connectivity index (χ0) is 24.6. The molecule has 190 valence electrons. The Balaban J connectivity index is 1.45. The molecule has 34 heavy (non-hydrogen) atoms. The van der Waals surface area contributed by atoms with Crippen LogP contribution in [0, 0.1) is 49.7 Å². The Morgan fingerprint density at radius 1 is 0.971 bits per heavy atom. The van der Waals surface area contributed by atoms with Crippen molar-refractivity contribution in [2.24, 2.45) is 49.7 Å². The highest BCUT2D eigenvalue weighted by Crippen LogP contribution is 2.87. The van der Waals surface area contributed by atoms with Crippen LogP contribution < -0.4 is 0 Å². The Hall–Kier alpha value is -0.870. The van der Waals surface area contributed by atoms with Crippen LogP contribution >= 0.6 is 0 Å². The summed E-state index contributed by atoms with van der Waals surface area (Å²) in [6, 6.07) is 0. The molecule has 5 fully saturated rings. The van der Waals surface area contributed by atoms with E-state index in [4.69, 9.17) is 0 Å². The van der Waals surface area contributed by atoms with E-state index in [9.17, 15) is 20.1 Å². The van der Waals surface area contributed by atoms with E-state index >= 15 is 0 Å². The number of allylic oxidation sites excluding steroid dienone is 2. The third-order valence-electron chi connectivity index (χ3n) is 14.0. The lowest BCUT2D eigenvalue weighted by Crippen LogP contribution is -2.64. The minimum Gasteiger partial charge on any atom is -0.481 e. The first-order valence-electron chi connectivity index (χ1n) is 14.0. The van der Waals surface area contributed by atoms with E-state index in [0.717, 1.165) is 70.6 Å². The summed E-state index contributed by atoms with van der Waals surface area (Å²) in [5.41, 5.74) is 1.17. The van der Waals surface area contributed by atoms with Gasteiger partial charge in [0, 0.05) is 5.41 Å². The SMILES string of the molecule is CC1(C)CC[C@]2(C(=O)O)CC[C@]3(C)C(=CC[C@@H]4[C@@]5(C)CC[C@H](O)[C@]6(CO)C[C@]65CC[C@]43C)[C@@H]2C1. The molecule has 0 aliphatic heterocycles. The summed E-state index contributed by atoms with van der Waals surface area (Å²) in [6.07, 6.45) is 12.8. The van der Waals surface area contributed by atoms with Gasteiger partial charge in [0.2, 0.25) is 0 Å². The molecule has 1 spiro atoms. The first kappa shape index (κ1) is 23.5. The van der Waals surface area contributed by atoms with Gasteiger partial charge in [-0.2, -0.15) is 0 Å². The van der Waals surface area contributed by atoms with Gasteiger partial charge in [0.25, 0.3) is 0 Å². The molecule has 0 aromatic heterocycles. The first-order chi connectivity index (χ1) is 15.8. The average molecular weight is 471 g/mol. The third kappa shape index (κ3) is 2.33. The molecule has 0 aromatic carbocycles. The lowest BCUT2D eigenvalue weighted by atomic mass is 9.34. The Kier molecular flexibility index (Phi) is 4.51. The summed E-state index contributed by atoms with van der Waals surface area (Å²) in [7, 11) is 0. The summed E-state index contributed by atoms with van der Waals surface area (Å²) in [4.78, 5) is 12.8. The van der Waals surface area contributed by atoms with Crippen LogP contribution in [0.2, 0.25) is 0 Å². The lowest BCUT2D eigenvalue weighted by Gasteiger charge is -2.70. The van der Waals surface area contributed by atoms with Gasteiger partial charge >= 0.3 is 5.97 Å². The van der Waals surface area contributed by atoms with Crippen molar-refractivity contribution < 1.29 is 20.1 Å². The maximum Gasteiger partial charge on any atom is 0.310 e. The zero-order valence-electron chi connectivity index (χ0n) is 22.0. The third-order valence-corrected chi connectivity index (χ3v) is 14.0. The van der Waals surface area contributed by atoms with Crippen molar-refractivity contribution in [1.82, 2.24) is 0 Å². The zero-order valence-corrected chi connectivity index (χ0v) is 22.0. The molecule has 0 amide bonds. The number of rotatable bonds is 2. The predicted molar refractivity (Wildman–Crippen MR) is 132 cm³/mol. The van der Waals surface area contributed by atoms with Crippen LogP contribution in [0.25, 0.3) is 0 Å². The molecule has 6 aliphatic rings. The molecule has 6 aliphatic carbocycles. The van der Waals surface area contributed by atoms with Crippen molar-refractivity contribution in [1.29, 1.82) is 0 Å². The highest BCUT2D eigenvalue weighted by Gasteiger charge is 2.82. The van der Waals surface area contributed by atoms with Crippen LogP contribution in [0.5, 0.6) is 0 Å². The minimum atomic E-state index is -0.582. The summed E-state index contributed by atoms with van der Waals surface area (Å²) < 4.78 is 0. The van der Waals surface area contributed by atoms with E-state index in [1.807, 2.05) is 0 Å². The fourth-order valence-electron chi connectivity index (χ4n) is 11.5. The molecule has 0 aromatic rings. The first-order valence-corrected chi connectivity index (χ1v) is 14.0. The monoisotopic (exact) mass is 470 g/mol. The summed E-state index contributed by atoms with van der Waals surface area (Å²) >= 11 is 0. The minimum absolute atomic E-state index is 0.0321. The maximum atomic E-state index is 12.8. The summed E-state index contributed by atoms with van der Waals surface area (Å²) in [6.45, 7) is 12.3. The maximum absolute atomic E-state index is 12.8. The van der Waals surface area contributed by atoms with Gasteiger partial charge in [-0.1, -0.05) is 46.3 Å². The second-order valence-corrected chi connectivity index (χ2v) is 15.1. The predicted octanol–water partition coefficient (Wildman–Crippen LogP) is 5.96. The molecular formula is C30H46O4. The van der Waals surface area contributed by atoms with Crippen LogP contribution in [-0.4, -0.2) is 34.0 Å². The molecule has 9 atom stereocenters. The normalized spacial score (nSPS) is 57.1. The smallest absolute Gasteiger partial charge is 0.310 e. The van der Waals surface area contributed by atoms with E-state index in [-0.39, 0.29) is 51.1 Å². The molecule has 0 saturated heterocycles. The number of hydrogen-bond donors (Lipinski definition) is 3. The van der Waals surface area contributed by atoms with Crippen LogP contribution in [0.15, 0.2) is 11.6 Å². The second kappa shape index (κ2) is 6.52. The van der Waals surface area contributed by atoms with Crippen LogP contribution in [0.1, 0.15) is 105 Å². The Morgan fingerprint density at radius 3 is 2.35 bits per heavy atom. The topological polar surface area (TPSA) is 77.8 Å². The quantitative estimate of drug-likeness (QED) is 0.435. The van der Waals surface area contributed by atoms with Gasteiger partial charge in [0.05, 0.1) is 18.1 Å². The lowest BCUT2D eigenvalue weighted by molar-refractivity contribution is -0.194. The molecule has 4 heteroatoms. The van der Waals surface area contributed by atoms with E-state index in [1.54, 1.807) is 0 Å².